The molecule has 0 atom stereocenters. The third-order valence-corrected chi connectivity index (χ3v) is 8.00. The molecule has 4 heteroatoms. The number of hydrogen-bond donors (Lipinski definition) is 0. The maximum absolute atomic E-state index is 6.19. The minimum atomic E-state index is 0.143. The Hall–Kier alpha value is -5.32. The zero-order chi connectivity index (χ0) is 28.0. The quantitative estimate of drug-likeness (QED) is 0.217. The molecule has 5 aromatic carbocycles. The fraction of sp³-hybridized carbons (Fsp3) is 0.0526. The van der Waals surface area contributed by atoms with Crippen LogP contribution in [-0.4, -0.2) is 18.0 Å². The normalized spacial score (nSPS) is 16.2. The van der Waals surface area contributed by atoms with Gasteiger partial charge in [0.1, 0.15) is 16.9 Å². The van der Waals surface area contributed by atoms with Gasteiger partial charge in [0.05, 0.1) is 17.6 Å². The molecule has 8 rings (SSSR count). The molecular weight excluding hydrogens is 518 g/mol. The number of allylic oxidation sites excluding steroid dienone is 4. The summed E-state index contributed by atoms with van der Waals surface area (Å²) in [4.78, 5) is 0. The summed E-state index contributed by atoms with van der Waals surface area (Å²) in [6, 6.07) is 37.8. The Kier molecular flexibility index (Phi) is 5.80. The monoisotopic (exact) mass is 545 g/mol. The number of aromatic nitrogens is 1. The number of benzene rings is 5. The fourth-order valence-electron chi connectivity index (χ4n) is 6.03. The van der Waals surface area contributed by atoms with Crippen LogP contribution in [0.2, 0.25) is 0 Å². The molecule has 0 radical (unpaired) electrons. The lowest BCUT2D eigenvalue weighted by atomic mass is 9.98. The second-order valence-corrected chi connectivity index (χ2v) is 10.5. The lowest BCUT2D eigenvalue weighted by Crippen LogP contribution is -2.04. The van der Waals surface area contributed by atoms with E-state index in [1.54, 1.807) is 0 Å². The summed E-state index contributed by atoms with van der Waals surface area (Å²) < 4.78 is 20.4. The Morgan fingerprint density at radius 1 is 0.643 bits per heavy atom. The van der Waals surface area contributed by atoms with Crippen molar-refractivity contribution in [2.45, 2.75) is 0 Å². The minimum absolute atomic E-state index is 0.143. The molecule has 0 amide bonds. The molecule has 2 aromatic heterocycles. The molecule has 202 valence electrons. The van der Waals surface area contributed by atoms with Gasteiger partial charge in [-0.3, -0.25) is 0 Å². The first kappa shape index (κ1) is 24.5. The molecular formula is C38H27NO3. The second-order valence-electron chi connectivity index (χ2n) is 10.5. The molecule has 1 aliphatic heterocycles. The van der Waals surface area contributed by atoms with Crippen LogP contribution in [0.4, 0.5) is 0 Å². The molecule has 0 bridgehead atoms. The molecule has 0 saturated carbocycles. The summed E-state index contributed by atoms with van der Waals surface area (Å²) in [7, 11) is 0. The number of para-hydroxylation sites is 3. The van der Waals surface area contributed by atoms with Gasteiger partial charge in [0, 0.05) is 32.8 Å². The van der Waals surface area contributed by atoms with E-state index in [4.69, 9.17) is 13.9 Å². The predicted molar refractivity (Wildman–Crippen MR) is 172 cm³/mol. The van der Waals surface area contributed by atoms with Gasteiger partial charge in [-0.1, -0.05) is 85.5 Å². The number of rotatable bonds is 2. The first-order valence-electron chi connectivity index (χ1n) is 14.1. The topological polar surface area (TPSA) is 36.5 Å². The van der Waals surface area contributed by atoms with Gasteiger partial charge in [-0.05, 0) is 65.3 Å². The van der Waals surface area contributed by atoms with Gasteiger partial charge >= 0.3 is 0 Å². The molecule has 7 aromatic rings. The highest BCUT2D eigenvalue weighted by atomic mass is 16.7. The van der Waals surface area contributed by atoms with Crippen molar-refractivity contribution >= 4 is 55.0 Å². The highest BCUT2D eigenvalue weighted by molar-refractivity contribution is 6.11. The summed E-state index contributed by atoms with van der Waals surface area (Å²) in [5.74, 6) is 0.731. The van der Waals surface area contributed by atoms with E-state index in [0.29, 0.717) is 6.61 Å². The average molecular weight is 546 g/mol. The Morgan fingerprint density at radius 2 is 1.31 bits per heavy atom. The van der Waals surface area contributed by atoms with E-state index in [9.17, 15) is 0 Å². The molecule has 0 saturated heterocycles. The van der Waals surface area contributed by atoms with Crippen LogP contribution in [0.25, 0.3) is 66.1 Å². The van der Waals surface area contributed by atoms with E-state index < -0.39 is 0 Å². The Balaban J connectivity index is 1.25. The van der Waals surface area contributed by atoms with Crippen LogP contribution in [0.5, 0.6) is 5.75 Å². The first-order chi connectivity index (χ1) is 20.7. The largest absolute Gasteiger partial charge is 0.467 e. The van der Waals surface area contributed by atoms with Gasteiger partial charge in [0.15, 0.2) is 6.79 Å². The molecule has 4 nitrogen and oxygen atoms in total. The molecule has 0 spiro atoms. The third kappa shape index (κ3) is 4.04. The average Bonchev–Trinajstić information content (AvgIpc) is 3.56. The zero-order valence-corrected chi connectivity index (χ0v) is 22.9. The third-order valence-electron chi connectivity index (χ3n) is 8.00. The van der Waals surface area contributed by atoms with Gasteiger partial charge in [-0.2, -0.15) is 0 Å². The molecule has 3 heterocycles. The lowest BCUT2D eigenvalue weighted by molar-refractivity contribution is 0.0305. The Bertz CT molecular complexity index is 2170. The van der Waals surface area contributed by atoms with Crippen LogP contribution in [0, 0.1) is 0 Å². The van der Waals surface area contributed by atoms with Gasteiger partial charge in [0.25, 0.3) is 0 Å². The minimum Gasteiger partial charge on any atom is -0.467 e. The molecule has 0 N–H and O–H groups in total. The van der Waals surface area contributed by atoms with E-state index in [0.717, 1.165) is 66.7 Å². The first-order valence-corrected chi connectivity index (χ1v) is 14.1. The maximum atomic E-state index is 6.19. The summed E-state index contributed by atoms with van der Waals surface area (Å²) >= 11 is 0. The van der Waals surface area contributed by atoms with Crippen molar-refractivity contribution in [1.82, 2.24) is 4.57 Å². The van der Waals surface area contributed by atoms with Crippen LogP contribution >= 0.6 is 0 Å². The van der Waals surface area contributed by atoms with Crippen molar-refractivity contribution in [2.75, 3.05) is 13.4 Å². The number of hydrogen-bond acceptors (Lipinski definition) is 3. The summed E-state index contributed by atoms with van der Waals surface area (Å²) in [6.07, 6.45) is 6.26. The van der Waals surface area contributed by atoms with Crippen LogP contribution in [0.3, 0.4) is 0 Å². The smallest absolute Gasteiger partial charge is 0.189 e. The van der Waals surface area contributed by atoms with Gasteiger partial charge < -0.3 is 18.5 Å². The number of furan rings is 1. The summed E-state index contributed by atoms with van der Waals surface area (Å²) in [6.45, 7) is 5.07. The molecule has 0 fully saturated rings. The van der Waals surface area contributed by atoms with E-state index in [2.05, 4.69) is 108 Å². The maximum Gasteiger partial charge on any atom is 0.189 e. The SMILES string of the molecule is C=C1/C=C(n2c3ccccc3c3ccccc32)\C=C/COCOc2cc(-c3ccc4oc5ccccc5c4c3)ccc21. The number of ether oxygens (including phenoxy) is 2. The standard InChI is InChI=1S/C38H27NO3/c1-25-21-28(39-34-13-5-2-10-30(34)31-11-3-6-14-35(31)39)9-8-20-40-24-41-38-23-27(16-18-29(25)38)26-17-19-37-33(22-26)32-12-4-7-15-36(32)42-37/h2-19,21-23H,1,20,24H2/b9-8-,28-21+. The summed E-state index contributed by atoms with van der Waals surface area (Å²) in [5.41, 5.74) is 8.99. The summed E-state index contributed by atoms with van der Waals surface area (Å²) in [5, 5.41) is 4.64. The van der Waals surface area contributed by atoms with Gasteiger partial charge in [-0.15, -0.1) is 0 Å². The molecule has 0 aliphatic carbocycles. The van der Waals surface area contributed by atoms with E-state index in [1.807, 2.05) is 30.3 Å². The van der Waals surface area contributed by atoms with Crippen molar-refractivity contribution < 1.29 is 13.9 Å². The fourth-order valence-corrected chi connectivity index (χ4v) is 6.03. The lowest BCUT2D eigenvalue weighted by Gasteiger charge is -2.15. The van der Waals surface area contributed by atoms with Crippen molar-refractivity contribution in [2.24, 2.45) is 0 Å². The highest BCUT2D eigenvalue weighted by Gasteiger charge is 2.16. The zero-order valence-electron chi connectivity index (χ0n) is 22.9. The molecule has 1 aliphatic rings. The van der Waals surface area contributed by atoms with Crippen LogP contribution in [0.1, 0.15) is 5.56 Å². The van der Waals surface area contributed by atoms with Gasteiger partial charge in [-0.25, -0.2) is 0 Å². The second kappa shape index (κ2) is 9.95. The van der Waals surface area contributed by atoms with E-state index >= 15 is 0 Å². The van der Waals surface area contributed by atoms with E-state index in [1.165, 1.54) is 10.8 Å². The Morgan fingerprint density at radius 3 is 2.12 bits per heavy atom. The predicted octanol–water partition coefficient (Wildman–Crippen LogP) is 9.84. The van der Waals surface area contributed by atoms with Crippen molar-refractivity contribution in [1.29, 1.82) is 0 Å². The van der Waals surface area contributed by atoms with Gasteiger partial charge in [0.2, 0.25) is 0 Å². The number of fused-ring (bicyclic) bond motifs is 7. The van der Waals surface area contributed by atoms with Crippen molar-refractivity contribution in [3.8, 4) is 16.9 Å². The highest BCUT2D eigenvalue weighted by Crippen LogP contribution is 2.37. The van der Waals surface area contributed by atoms with Crippen molar-refractivity contribution in [3.63, 3.8) is 0 Å². The van der Waals surface area contributed by atoms with Crippen molar-refractivity contribution in [3.05, 3.63) is 140 Å². The van der Waals surface area contributed by atoms with Crippen LogP contribution in [0.15, 0.2) is 138 Å². The number of nitrogens with zero attached hydrogens (tertiary/aromatic N) is 1. The van der Waals surface area contributed by atoms with Crippen LogP contribution < -0.4 is 4.74 Å². The molecule has 0 unspecified atom stereocenters. The molecule has 42 heavy (non-hydrogen) atoms. The Labute approximate surface area is 243 Å². The van der Waals surface area contributed by atoms with Crippen LogP contribution in [-0.2, 0) is 4.74 Å². The van der Waals surface area contributed by atoms with E-state index in [-0.39, 0.29) is 6.79 Å².